The molecule has 0 heterocycles. The normalized spacial score (nSPS) is 17.4. The van der Waals surface area contributed by atoms with Crippen LogP contribution in [0.3, 0.4) is 0 Å². The number of benzene rings is 2. The van der Waals surface area contributed by atoms with E-state index in [1.807, 2.05) is 86.5 Å². The number of hydrogen-bond donors (Lipinski definition) is 4. The highest BCUT2D eigenvalue weighted by Gasteiger charge is 2.23. The van der Waals surface area contributed by atoms with Gasteiger partial charge in [-0.2, -0.15) is 0 Å². The van der Waals surface area contributed by atoms with Crippen molar-refractivity contribution in [2.45, 2.75) is 25.7 Å². The summed E-state index contributed by atoms with van der Waals surface area (Å²) in [6.45, 7) is 1.28. The summed E-state index contributed by atoms with van der Waals surface area (Å²) in [5.41, 5.74) is 3.72. The molecule has 2 aromatic carbocycles. The van der Waals surface area contributed by atoms with Gasteiger partial charge in [0.15, 0.2) is 0 Å². The summed E-state index contributed by atoms with van der Waals surface area (Å²) in [7, 11) is 7.94. The largest absolute Gasteiger partial charge is 0.378 e. The van der Waals surface area contributed by atoms with Crippen LogP contribution < -0.4 is 31.1 Å². The van der Waals surface area contributed by atoms with Gasteiger partial charge >= 0.3 is 12.1 Å². The van der Waals surface area contributed by atoms with Gasteiger partial charge in [-0.05, 0) is 79.6 Å². The predicted octanol–water partition coefficient (Wildman–Crippen LogP) is 4.57. The Bertz CT molecular complexity index is 852. The second-order valence-corrected chi connectivity index (χ2v) is 9.45. The lowest BCUT2D eigenvalue weighted by Gasteiger charge is -2.29. The monoisotopic (exact) mass is 466 g/mol. The van der Waals surface area contributed by atoms with E-state index in [1.54, 1.807) is 0 Å². The number of nitrogens with one attached hydrogen (secondary N) is 4. The molecule has 0 saturated heterocycles. The van der Waals surface area contributed by atoms with Crippen molar-refractivity contribution >= 4 is 34.8 Å². The first-order valence-electron chi connectivity index (χ1n) is 11.9. The number of rotatable bonds is 8. The minimum absolute atomic E-state index is 0.183. The summed E-state index contributed by atoms with van der Waals surface area (Å²) in [6.07, 6.45) is 4.30. The predicted molar refractivity (Wildman–Crippen MR) is 141 cm³/mol. The molecule has 0 aromatic heterocycles. The van der Waals surface area contributed by atoms with Crippen LogP contribution in [0, 0.1) is 11.8 Å². The molecule has 1 aliphatic rings. The second kappa shape index (κ2) is 12.2. The Hall–Kier alpha value is -3.42. The van der Waals surface area contributed by atoms with Crippen molar-refractivity contribution in [3.8, 4) is 0 Å². The molecule has 0 radical (unpaired) electrons. The number of urea groups is 2. The topological polar surface area (TPSA) is 88.7 Å². The Morgan fingerprint density at radius 1 is 0.706 bits per heavy atom. The summed E-state index contributed by atoms with van der Waals surface area (Å²) in [4.78, 5) is 28.6. The lowest BCUT2D eigenvalue weighted by atomic mass is 9.81. The third-order valence-electron chi connectivity index (χ3n) is 6.28. The first-order valence-corrected chi connectivity index (χ1v) is 11.9. The maximum absolute atomic E-state index is 12.3. The molecular weight excluding hydrogens is 428 g/mol. The van der Waals surface area contributed by atoms with Crippen LogP contribution in [-0.2, 0) is 0 Å². The fourth-order valence-electron chi connectivity index (χ4n) is 4.28. The maximum atomic E-state index is 12.3. The van der Waals surface area contributed by atoms with Crippen LogP contribution in [0.5, 0.6) is 0 Å². The van der Waals surface area contributed by atoms with E-state index in [0.29, 0.717) is 24.9 Å². The average molecular weight is 467 g/mol. The van der Waals surface area contributed by atoms with E-state index in [0.717, 1.165) is 48.4 Å². The maximum Gasteiger partial charge on any atom is 0.319 e. The molecule has 184 valence electrons. The average Bonchev–Trinajstić information content (AvgIpc) is 2.82. The van der Waals surface area contributed by atoms with E-state index in [9.17, 15) is 9.59 Å². The van der Waals surface area contributed by atoms with Gasteiger partial charge in [0.25, 0.3) is 0 Å². The molecule has 1 saturated carbocycles. The molecule has 2 aromatic rings. The zero-order chi connectivity index (χ0) is 24.5. The molecule has 1 fully saturated rings. The number of hydrogen-bond acceptors (Lipinski definition) is 4. The van der Waals surface area contributed by atoms with Gasteiger partial charge < -0.3 is 31.1 Å². The summed E-state index contributed by atoms with van der Waals surface area (Å²) in [6, 6.07) is 15.1. The fourth-order valence-corrected chi connectivity index (χ4v) is 4.28. The SMILES string of the molecule is CN(C)c1ccc(NC(=O)NC[C@H]2CCC[C@H](CNC(=O)Nc3ccc(N(C)C)cc3)C2)cc1. The van der Waals surface area contributed by atoms with Gasteiger partial charge in [-0.15, -0.1) is 0 Å². The van der Waals surface area contributed by atoms with Crippen LogP contribution in [0.15, 0.2) is 48.5 Å². The lowest BCUT2D eigenvalue weighted by Crippen LogP contribution is -2.38. The van der Waals surface area contributed by atoms with Crippen molar-refractivity contribution in [1.29, 1.82) is 0 Å². The van der Waals surface area contributed by atoms with E-state index in [4.69, 9.17) is 0 Å². The molecule has 4 N–H and O–H groups in total. The summed E-state index contributed by atoms with van der Waals surface area (Å²) < 4.78 is 0. The van der Waals surface area contributed by atoms with Crippen molar-refractivity contribution in [1.82, 2.24) is 10.6 Å². The van der Waals surface area contributed by atoms with Gasteiger partial charge in [-0.1, -0.05) is 6.42 Å². The Morgan fingerprint density at radius 2 is 1.09 bits per heavy atom. The molecule has 4 amide bonds. The van der Waals surface area contributed by atoms with Gasteiger partial charge in [0, 0.05) is 64.0 Å². The van der Waals surface area contributed by atoms with Crippen LogP contribution in [0.4, 0.5) is 32.3 Å². The molecule has 0 unspecified atom stereocenters. The van der Waals surface area contributed by atoms with Crippen molar-refractivity contribution in [2.75, 3.05) is 61.7 Å². The smallest absolute Gasteiger partial charge is 0.319 e. The number of carbonyl (C=O) groups is 2. The van der Waals surface area contributed by atoms with Gasteiger partial charge in [0.1, 0.15) is 0 Å². The molecule has 0 aliphatic heterocycles. The number of amides is 4. The van der Waals surface area contributed by atoms with Crippen molar-refractivity contribution in [2.24, 2.45) is 11.8 Å². The standard InChI is InChI=1S/C26H38N6O2/c1-31(2)23-12-8-21(9-13-23)29-25(33)27-17-19-6-5-7-20(16-19)18-28-26(34)30-22-10-14-24(15-11-22)32(3)4/h8-15,19-20H,5-7,16-18H2,1-4H3,(H2,27,29,33)(H2,28,30,34)/t19-,20-/m0/s1. The van der Waals surface area contributed by atoms with E-state index >= 15 is 0 Å². The van der Waals surface area contributed by atoms with Gasteiger partial charge in [0.05, 0.1) is 0 Å². The number of anilines is 4. The van der Waals surface area contributed by atoms with Crippen LogP contribution in [0.25, 0.3) is 0 Å². The minimum Gasteiger partial charge on any atom is -0.378 e. The molecule has 8 heteroatoms. The lowest BCUT2D eigenvalue weighted by molar-refractivity contribution is 0.230. The molecule has 0 bridgehead atoms. The second-order valence-electron chi connectivity index (χ2n) is 9.45. The van der Waals surface area contributed by atoms with Crippen molar-refractivity contribution in [3.05, 3.63) is 48.5 Å². The van der Waals surface area contributed by atoms with Crippen molar-refractivity contribution in [3.63, 3.8) is 0 Å². The third-order valence-corrected chi connectivity index (χ3v) is 6.28. The highest BCUT2D eigenvalue weighted by atomic mass is 16.2. The zero-order valence-corrected chi connectivity index (χ0v) is 20.7. The zero-order valence-electron chi connectivity index (χ0n) is 20.7. The van der Waals surface area contributed by atoms with E-state index in [-0.39, 0.29) is 12.1 Å². The number of carbonyl (C=O) groups excluding carboxylic acids is 2. The van der Waals surface area contributed by atoms with Gasteiger partial charge in [0.2, 0.25) is 0 Å². The Balaban J connectivity index is 1.36. The fraction of sp³-hybridized carbons (Fsp3) is 0.462. The summed E-state index contributed by atoms with van der Waals surface area (Å²) in [5, 5.41) is 11.8. The molecule has 8 nitrogen and oxygen atoms in total. The van der Waals surface area contributed by atoms with Crippen molar-refractivity contribution < 1.29 is 9.59 Å². The molecule has 3 rings (SSSR count). The molecule has 34 heavy (non-hydrogen) atoms. The Morgan fingerprint density at radius 3 is 1.44 bits per heavy atom. The first-order chi connectivity index (χ1) is 16.3. The molecule has 2 atom stereocenters. The number of nitrogens with zero attached hydrogens (tertiary/aromatic N) is 2. The Kier molecular flexibility index (Phi) is 9.01. The van der Waals surface area contributed by atoms with E-state index < -0.39 is 0 Å². The molecular formula is C26H38N6O2. The molecule has 0 spiro atoms. The van der Waals surface area contributed by atoms with E-state index in [1.165, 1.54) is 0 Å². The van der Waals surface area contributed by atoms with Crippen LogP contribution in [0.2, 0.25) is 0 Å². The highest BCUT2D eigenvalue weighted by molar-refractivity contribution is 5.90. The van der Waals surface area contributed by atoms with Gasteiger partial charge in [-0.3, -0.25) is 0 Å². The quantitative estimate of drug-likeness (QED) is 0.459. The van der Waals surface area contributed by atoms with Crippen LogP contribution in [-0.4, -0.2) is 53.3 Å². The van der Waals surface area contributed by atoms with E-state index in [2.05, 4.69) is 21.3 Å². The summed E-state index contributed by atoms with van der Waals surface area (Å²) >= 11 is 0. The highest BCUT2D eigenvalue weighted by Crippen LogP contribution is 2.28. The minimum atomic E-state index is -0.183. The first kappa shape index (κ1) is 25.2. The Labute approximate surface area is 203 Å². The van der Waals surface area contributed by atoms with Gasteiger partial charge in [-0.25, -0.2) is 9.59 Å². The molecule has 1 aliphatic carbocycles. The third kappa shape index (κ3) is 7.86. The summed E-state index contributed by atoms with van der Waals surface area (Å²) in [5.74, 6) is 0.841. The van der Waals surface area contributed by atoms with Crippen LogP contribution in [0.1, 0.15) is 25.7 Å². The van der Waals surface area contributed by atoms with Crippen LogP contribution >= 0.6 is 0 Å².